The molecule has 2 atom stereocenters. The van der Waals surface area contributed by atoms with E-state index in [1.165, 1.54) is 5.57 Å². The van der Waals surface area contributed by atoms with Crippen LogP contribution in [0.25, 0.3) is 0 Å². The van der Waals surface area contributed by atoms with Crippen LogP contribution in [0.2, 0.25) is 0 Å². The van der Waals surface area contributed by atoms with Gasteiger partial charge in [-0.3, -0.25) is 5.32 Å². The second-order valence-electron chi connectivity index (χ2n) is 3.93. The van der Waals surface area contributed by atoms with Gasteiger partial charge in [0.05, 0.1) is 0 Å². The molecule has 0 amide bonds. The summed E-state index contributed by atoms with van der Waals surface area (Å²) in [5.41, 5.74) is 1.41. The summed E-state index contributed by atoms with van der Waals surface area (Å²) in [5.74, 6) is 0.578. The van der Waals surface area contributed by atoms with Gasteiger partial charge in [-0.1, -0.05) is 30.4 Å². The van der Waals surface area contributed by atoms with E-state index in [0.717, 1.165) is 25.8 Å². The minimum Gasteiger partial charge on any atom is -0.379 e. The molecule has 1 fully saturated rings. The molecule has 2 unspecified atom stereocenters. The molecule has 1 aliphatic carbocycles. The van der Waals surface area contributed by atoms with Gasteiger partial charge < -0.3 is 5.11 Å². The molecule has 2 nitrogen and oxygen atoms in total. The maximum absolute atomic E-state index is 9.32. The van der Waals surface area contributed by atoms with Crippen LogP contribution in [0.15, 0.2) is 36.0 Å². The van der Waals surface area contributed by atoms with Crippen molar-refractivity contribution < 1.29 is 5.11 Å². The van der Waals surface area contributed by atoms with Crippen molar-refractivity contribution in [1.29, 1.82) is 0 Å². The molecule has 2 heteroatoms. The van der Waals surface area contributed by atoms with Crippen molar-refractivity contribution in [2.24, 2.45) is 5.92 Å². The van der Waals surface area contributed by atoms with Gasteiger partial charge in [-0.25, -0.2) is 0 Å². The molecule has 14 heavy (non-hydrogen) atoms. The minimum atomic E-state index is -0.292. The molecule has 0 radical (unpaired) electrons. The van der Waals surface area contributed by atoms with E-state index in [9.17, 15) is 5.11 Å². The van der Waals surface area contributed by atoms with E-state index < -0.39 is 0 Å². The average Bonchev–Trinajstić information content (AvgIpc) is 2.47. The predicted octanol–water partition coefficient (Wildman–Crippen LogP) is 1.75. The van der Waals surface area contributed by atoms with Gasteiger partial charge in [-0.05, 0) is 30.8 Å². The van der Waals surface area contributed by atoms with Gasteiger partial charge in [0.25, 0.3) is 0 Å². The molecular weight excluding hydrogens is 174 g/mol. The Balaban J connectivity index is 1.98. The fourth-order valence-corrected chi connectivity index (χ4v) is 2.02. The van der Waals surface area contributed by atoms with Gasteiger partial charge in [0.15, 0.2) is 0 Å². The van der Waals surface area contributed by atoms with Crippen LogP contribution in [-0.4, -0.2) is 17.9 Å². The highest BCUT2D eigenvalue weighted by molar-refractivity contribution is 5.29. The minimum absolute atomic E-state index is 0.292. The molecule has 0 bridgehead atoms. The Hall–Kier alpha value is -0.860. The van der Waals surface area contributed by atoms with E-state index in [4.69, 9.17) is 0 Å². The Morgan fingerprint density at radius 2 is 2.21 bits per heavy atom. The highest BCUT2D eigenvalue weighted by atomic mass is 16.3. The summed E-state index contributed by atoms with van der Waals surface area (Å²) >= 11 is 0. The van der Waals surface area contributed by atoms with E-state index >= 15 is 0 Å². The van der Waals surface area contributed by atoms with Crippen molar-refractivity contribution in [3.63, 3.8) is 0 Å². The van der Waals surface area contributed by atoms with Crippen LogP contribution in [0.5, 0.6) is 0 Å². The van der Waals surface area contributed by atoms with Gasteiger partial charge in [0.1, 0.15) is 6.23 Å². The molecule has 0 saturated carbocycles. The second-order valence-corrected chi connectivity index (χ2v) is 3.93. The van der Waals surface area contributed by atoms with Crippen molar-refractivity contribution in [1.82, 2.24) is 5.32 Å². The van der Waals surface area contributed by atoms with Crippen molar-refractivity contribution in [3.05, 3.63) is 36.0 Å². The average molecular weight is 191 g/mol. The van der Waals surface area contributed by atoms with Crippen LogP contribution >= 0.6 is 0 Å². The van der Waals surface area contributed by atoms with Crippen LogP contribution in [0, 0.1) is 5.92 Å². The number of aliphatic hydroxyl groups is 1. The number of allylic oxidation sites excluding steroid dienone is 5. The van der Waals surface area contributed by atoms with E-state index in [-0.39, 0.29) is 6.23 Å². The fraction of sp³-hybridized carbons (Fsp3) is 0.500. The third-order valence-corrected chi connectivity index (χ3v) is 2.89. The molecule has 1 saturated heterocycles. The van der Waals surface area contributed by atoms with Gasteiger partial charge in [-0.15, -0.1) is 0 Å². The van der Waals surface area contributed by atoms with Crippen LogP contribution < -0.4 is 5.32 Å². The van der Waals surface area contributed by atoms with Crippen molar-refractivity contribution >= 4 is 0 Å². The number of rotatable bonds is 1. The van der Waals surface area contributed by atoms with Crippen molar-refractivity contribution in [2.45, 2.75) is 25.5 Å². The maximum atomic E-state index is 9.32. The molecule has 2 aliphatic rings. The lowest BCUT2D eigenvalue weighted by Gasteiger charge is -2.27. The maximum Gasteiger partial charge on any atom is 0.104 e. The molecule has 0 aromatic carbocycles. The zero-order chi connectivity index (χ0) is 9.80. The molecular formula is C12H17NO. The van der Waals surface area contributed by atoms with Crippen LogP contribution in [0.3, 0.4) is 0 Å². The molecule has 76 valence electrons. The van der Waals surface area contributed by atoms with Crippen molar-refractivity contribution in [2.75, 3.05) is 6.54 Å². The topological polar surface area (TPSA) is 32.3 Å². The van der Waals surface area contributed by atoms with Gasteiger partial charge in [-0.2, -0.15) is 0 Å². The Morgan fingerprint density at radius 3 is 3.00 bits per heavy atom. The largest absolute Gasteiger partial charge is 0.379 e. The zero-order valence-corrected chi connectivity index (χ0v) is 8.32. The molecule has 1 heterocycles. The highest BCUT2D eigenvalue weighted by Gasteiger charge is 2.20. The molecule has 1 aliphatic heterocycles. The Labute approximate surface area is 85.0 Å². The summed E-state index contributed by atoms with van der Waals surface area (Å²) in [6.07, 6.45) is 13.5. The summed E-state index contributed by atoms with van der Waals surface area (Å²) in [7, 11) is 0. The number of nitrogens with one attached hydrogen (secondary N) is 1. The van der Waals surface area contributed by atoms with Gasteiger partial charge in [0.2, 0.25) is 0 Å². The number of piperidine rings is 1. The molecule has 2 rings (SSSR count). The Bertz CT molecular complexity index is 270. The van der Waals surface area contributed by atoms with E-state index in [1.807, 2.05) is 0 Å². The first-order valence-corrected chi connectivity index (χ1v) is 5.31. The Morgan fingerprint density at radius 1 is 1.29 bits per heavy atom. The van der Waals surface area contributed by atoms with E-state index in [2.05, 4.69) is 35.7 Å². The third kappa shape index (κ3) is 2.34. The summed E-state index contributed by atoms with van der Waals surface area (Å²) in [6.45, 7) is 0.900. The van der Waals surface area contributed by atoms with Gasteiger partial charge >= 0.3 is 0 Å². The summed E-state index contributed by atoms with van der Waals surface area (Å²) in [6, 6.07) is 0. The van der Waals surface area contributed by atoms with Crippen LogP contribution in [0.4, 0.5) is 0 Å². The third-order valence-electron chi connectivity index (χ3n) is 2.89. The number of hydrogen-bond donors (Lipinski definition) is 2. The zero-order valence-electron chi connectivity index (χ0n) is 8.32. The summed E-state index contributed by atoms with van der Waals surface area (Å²) < 4.78 is 0. The first kappa shape index (κ1) is 9.69. The second kappa shape index (κ2) is 4.58. The predicted molar refractivity (Wildman–Crippen MR) is 57.7 cm³/mol. The quantitative estimate of drug-likeness (QED) is 0.661. The van der Waals surface area contributed by atoms with E-state index in [0.29, 0.717) is 5.92 Å². The SMILES string of the molecule is OC1CCC(C2=CCC=CC=C2)CN1. The van der Waals surface area contributed by atoms with Crippen LogP contribution in [0.1, 0.15) is 19.3 Å². The standard InChI is InChI=1S/C12H17NO/c14-12-8-7-11(9-13-12)10-5-3-1-2-4-6-10/h1-3,5-6,11-14H,4,7-9H2. The summed E-state index contributed by atoms with van der Waals surface area (Å²) in [4.78, 5) is 0. The van der Waals surface area contributed by atoms with Gasteiger partial charge in [0, 0.05) is 6.54 Å². The monoisotopic (exact) mass is 191 g/mol. The first-order valence-electron chi connectivity index (χ1n) is 5.31. The fourth-order valence-electron chi connectivity index (χ4n) is 2.02. The molecule has 0 spiro atoms. The highest BCUT2D eigenvalue weighted by Crippen LogP contribution is 2.23. The lowest BCUT2D eigenvalue weighted by Crippen LogP contribution is -2.39. The summed E-state index contributed by atoms with van der Waals surface area (Å²) in [5, 5.41) is 12.4. The lowest BCUT2D eigenvalue weighted by atomic mass is 9.90. The molecule has 0 aromatic heterocycles. The Kier molecular flexibility index (Phi) is 3.17. The molecule has 0 aromatic rings. The van der Waals surface area contributed by atoms with Crippen molar-refractivity contribution in [3.8, 4) is 0 Å². The number of hydrogen-bond acceptors (Lipinski definition) is 2. The van der Waals surface area contributed by atoms with Crippen LogP contribution in [-0.2, 0) is 0 Å². The number of aliphatic hydroxyl groups excluding tert-OH is 1. The van der Waals surface area contributed by atoms with E-state index in [1.54, 1.807) is 0 Å². The molecule has 2 N–H and O–H groups in total. The smallest absolute Gasteiger partial charge is 0.104 e. The lowest BCUT2D eigenvalue weighted by molar-refractivity contribution is 0.0952. The first-order chi connectivity index (χ1) is 6.86. The normalized spacial score (nSPS) is 32.5.